The summed E-state index contributed by atoms with van der Waals surface area (Å²) in [5.41, 5.74) is 0.921. The molecule has 166 valence electrons. The third-order valence-electron chi connectivity index (χ3n) is 4.57. The first-order valence-electron chi connectivity index (χ1n) is 9.82. The largest absolute Gasteiger partial charge is 0.435 e. The van der Waals surface area contributed by atoms with Crippen molar-refractivity contribution in [3.8, 4) is 5.75 Å². The number of carbonyl (C=O) groups is 1. The van der Waals surface area contributed by atoms with E-state index in [0.717, 1.165) is 19.3 Å². The number of nitrogens with one attached hydrogen (secondary N) is 2. The van der Waals surface area contributed by atoms with Gasteiger partial charge in [-0.15, -0.1) is 0 Å². The first-order chi connectivity index (χ1) is 14.8. The molecule has 0 atom stereocenters. The van der Waals surface area contributed by atoms with Gasteiger partial charge in [0.25, 0.3) is 10.0 Å². The van der Waals surface area contributed by atoms with Crippen molar-refractivity contribution in [3.05, 3.63) is 54.1 Å². The van der Waals surface area contributed by atoms with Crippen molar-refractivity contribution in [1.82, 2.24) is 4.72 Å². The fourth-order valence-electron chi connectivity index (χ4n) is 3.09. The maximum Gasteiger partial charge on any atom is 0.387 e. The number of alkyl halides is 2. The van der Waals surface area contributed by atoms with Crippen LogP contribution < -0.4 is 14.8 Å². The Kier molecular flexibility index (Phi) is 7.56. The Morgan fingerprint density at radius 2 is 1.87 bits per heavy atom. The first-order valence-corrected chi connectivity index (χ1v) is 11.3. The molecule has 2 N–H and O–H groups in total. The summed E-state index contributed by atoms with van der Waals surface area (Å²) in [5.74, 6) is 0.0761. The molecular formula is C21H23F2N3O4S. The Morgan fingerprint density at radius 1 is 1.10 bits per heavy atom. The van der Waals surface area contributed by atoms with Gasteiger partial charge in [0, 0.05) is 18.7 Å². The number of hydrogen-bond donors (Lipinski definition) is 2. The molecule has 0 saturated heterocycles. The fraction of sp³-hybridized carbons (Fsp3) is 0.333. The van der Waals surface area contributed by atoms with Crippen LogP contribution in [-0.2, 0) is 21.2 Å². The second-order valence-electron chi connectivity index (χ2n) is 7.02. The lowest BCUT2D eigenvalue weighted by Gasteiger charge is -2.11. The number of carbonyl (C=O) groups excluding carboxylic acids is 1. The van der Waals surface area contributed by atoms with E-state index in [2.05, 4.69) is 19.8 Å². The second-order valence-corrected chi connectivity index (χ2v) is 8.70. The number of anilines is 1. The minimum Gasteiger partial charge on any atom is -0.435 e. The SMILES string of the molecule is O=C(Cc1ccc(OC(F)F)cc1)Nc1cccc(S(=O)(=O)NC2=NCCCCC2)c1. The number of hydrogen-bond acceptors (Lipinski definition) is 5. The average molecular weight is 451 g/mol. The van der Waals surface area contributed by atoms with Crippen molar-refractivity contribution in [2.24, 2.45) is 4.99 Å². The zero-order chi connectivity index (χ0) is 22.3. The number of benzene rings is 2. The van der Waals surface area contributed by atoms with Crippen LogP contribution in [-0.4, -0.2) is 33.3 Å². The van der Waals surface area contributed by atoms with E-state index in [1.807, 2.05) is 0 Å². The van der Waals surface area contributed by atoms with Crippen LogP contribution in [0.25, 0.3) is 0 Å². The Morgan fingerprint density at radius 3 is 2.61 bits per heavy atom. The summed E-state index contributed by atoms with van der Waals surface area (Å²) < 4.78 is 56.6. The Bertz CT molecular complexity index is 1040. The minimum atomic E-state index is -3.82. The molecule has 0 unspecified atom stereocenters. The third kappa shape index (κ3) is 7.02. The molecule has 1 amide bonds. The van der Waals surface area contributed by atoms with E-state index in [9.17, 15) is 22.0 Å². The Labute approximate surface area is 179 Å². The maximum atomic E-state index is 12.7. The predicted octanol–water partition coefficient (Wildman–Crippen LogP) is 3.72. The lowest BCUT2D eigenvalue weighted by Crippen LogP contribution is -2.30. The van der Waals surface area contributed by atoms with E-state index in [1.54, 1.807) is 6.07 Å². The molecule has 0 radical (unpaired) electrons. The molecule has 0 spiro atoms. The molecule has 3 rings (SSSR count). The van der Waals surface area contributed by atoms with Gasteiger partial charge in [-0.1, -0.05) is 24.6 Å². The van der Waals surface area contributed by atoms with Crippen molar-refractivity contribution >= 4 is 27.5 Å². The van der Waals surface area contributed by atoms with E-state index in [-0.39, 0.29) is 23.0 Å². The van der Waals surface area contributed by atoms with Crippen LogP contribution in [0.3, 0.4) is 0 Å². The number of amidine groups is 1. The topological polar surface area (TPSA) is 96.9 Å². The lowest BCUT2D eigenvalue weighted by atomic mass is 10.1. The van der Waals surface area contributed by atoms with Crippen LogP contribution in [0.5, 0.6) is 5.75 Å². The van der Waals surface area contributed by atoms with Crippen molar-refractivity contribution in [2.45, 2.75) is 43.6 Å². The molecule has 31 heavy (non-hydrogen) atoms. The number of ether oxygens (including phenoxy) is 1. The summed E-state index contributed by atoms with van der Waals surface area (Å²) in [4.78, 5) is 16.6. The number of sulfonamides is 1. The molecule has 7 nitrogen and oxygen atoms in total. The van der Waals surface area contributed by atoms with Crippen molar-refractivity contribution < 1.29 is 26.7 Å². The van der Waals surface area contributed by atoms with Gasteiger partial charge in [0.15, 0.2) is 0 Å². The first kappa shape index (κ1) is 22.7. The highest BCUT2D eigenvalue weighted by atomic mass is 32.2. The predicted molar refractivity (Wildman–Crippen MR) is 113 cm³/mol. The maximum absolute atomic E-state index is 12.7. The van der Waals surface area contributed by atoms with E-state index < -0.39 is 16.6 Å². The molecule has 2 aromatic carbocycles. The summed E-state index contributed by atoms with van der Waals surface area (Å²) in [6, 6.07) is 11.7. The molecular weight excluding hydrogens is 428 g/mol. The molecule has 1 heterocycles. The van der Waals surface area contributed by atoms with Gasteiger partial charge in [0.2, 0.25) is 5.91 Å². The molecule has 1 aliphatic rings. The van der Waals surface area contributed by atoms with Gasteiger partial charge >= 0.3 is 6.61 Å². The Balaban J connectivity index is 1.63. The van der Waals surface area contributed by atoms with Crippen LogP contribution in [0.2, 0.25) is 0 Å². The lowest BCUT2D eigenvalue weighted by molar-refractivity contribution is -0.115. The molecule has 0 bridgehead atoms. The van der Waals surface area contributed by atoms with Gasteiger partial charge in [-0.05, 0) is 48.7 Å². The molecule has 0 saturated carbocycles. The van der Waals surface area contributed by atoms with Gasteiger partial charge in [-0.2, -0.15) is 8.78 Å². The number of halogens is 2. The van der Waals surface area contributed by atoms with Crippen LogP contribution in [0.15, 0.2) is 58.4 Å². The highest BCUT2D eigenvalue weighted by molar-refractivity contribution is 7.90. The van der Waals surface area contributed by atoms with Crippen LogP contribution in [0.4, 0.5) is 14.5 Å². The molecule has 1 aliphatic heterocycles. The third-order valence-corrected chi connectivity index (χ3v) is 5.95. The highest BCUT2D eigenvalue weighted by Gasteiger charge is 2.18. The summed E-state index contributed by atoms with van der Waals surface area (Å²) in [6.07, 6.45) is 3.40. The van der Waals surface area contributed by atoms with Gasteiger partial charge < -0.3 is 10.1 Å². The summed E-state index contributed by atoms with van der Waals surface area (Å²) in [6.45, 7) is -2.31. The van der Waals surface area contributed by atoms with Crippen molar-refractivity contribution in [1.29, 1.82) is 0 Å². The second kappa shape index (κ2) is 10.3. The Hall–Kier alpha value is -3.01. The van der Waals surface area contributed by atoms with Crippen LogP contribution in [0.1, 0.15) is 31.2 Å². The number of nitrogens with zero attached hydrogens (tertiary/aromatic N) is 1. The zero-order valence-electron chi connectivity index (χ0n) is 16.7. The van der Waals surface area contributed by atoms with Gasteiger partial charge in [0.1, 0.15) is 11.6 Å². The molecule has 0 aromatic heterocycles. The van der Waals surface area contributed by atoms with Gasteiger partial charge in [0.05, 0.1) is 11.3 Å². The van der Waals surface area contributed by atoms with E-state index >= 15 is 0 Å². The van der Waals surface area contributed by atoms with Crippen molar-refractivity contribution in [2.75, 3.05) is 11.9 Å². The average Bonchev–Trinajstić information content (AvgIpc) is 2.97. The molecule has 0 fully saturated rings. The standard InChI is InChI=1S/C21H23F2N3O4S/c22-21(23)30-17-10-8-15(9-11-17)13-20(27)25-16-5-4-6-18(14-16)31(28,29)26-19-7-2-1-3-12-24-19/h4-6,8-11,14,21H,1-3,7,12-13H2,(H,24,26)(H,25,27). The molecule has 0 aliphatic carbocycles. The molecule has 2 aromatic rings. The highest BCUT2D eigenvalue weighted by Crippen LogP contribution is 2.18. The fourth-order valence-corrected chi connectivity index (χ4v) is 4.23. The monoisotopic (exact) mass is 451 g/mol. The minimum absolute atomic E-state index is 0.00263. The normalized spacial score (nSPS) is 14.5. The smallest absolute Gasteiger partial charge is 0.387 e. The summed E-state index contributed by atoms with van der Waals surface area (Å²) in [5, 5.41) is 2.65. The van der Waals surface area contributed by atoms with Crippen LogP contribution >= 0.6 is 0 Å². The molecule has 10 heteroatoms. The number of aliphatic imine (C=N–C) groups is 1. The van der Waals surface area contributed by atoms with E-state index in [4.69, 9.17) is 0 Å². The summed E-state index contributed by atoms with van der Waals surface area (Å²) in [7, 11) is -3.82. The van der Waals surface area contributed by atoms with Crippen molar-refractivity contribution in [3.63, 3.8) is 0 Å². The number of rotatable bonds is 7. The van der Waals surface area contributed by atoms with Gasteiger partial charge in [-0.25, -0.2) is 8.42 Å². The van der Waals surface area contributed by atoms with Gasteiger partial charge in [-0.3, -0.25) is 14.5 Å². The summed E-state index contributed by atoms with van der Waals surface area (Å²) >= 11 is 0. The zero-order valence-corrected chi connectivity index (χ0v) is 17.5. The van der Waals surface area contributed by atoms with Crippen LogP contribution in [0, 0.1) is 0 Å². The number of amides is 1. The quantitative estimate of drug-likeness (QED) is 0.671. The van der Waals surface area contributed by atoms with E-state index in [0.29, 0.717) is 30.1 Å². The van der Waals surface area contributed by atoms with E-state index in [1.165, 1.54) is 42.5 Å².